The molecular formula is C20H38O5. The minimum absolute atomic E-state index is 0.614. The van der Waals surface area contributed by atoms with Crippen LogP contribution in [0.3, 0.4) is 0 Å². The molecule has 0 rings (SSSR count). The van der Waals surface area contributed by atoms with Gasteiger partial charge < -0.3 is 14.9 Å². The molecule has 0 aliphatic heterocycles. The quantitative estimate of drug-likeness (QED) is 0.374. The van der Waals surface area contributed by atoms with E-state index < -0.39 is 22.8 Å². The van der Waals surface area contributed by atoms with Crippen LogP contribution < -0.4 is 0 Å². The number of hydrogen-bond acceptors (Lipinski definition) is 3. The maximum atomic E-state index is 11.5. The standard InChI is InChI=1S/C20H38O5/c1-5-6-7-13-20(4,18(23)24)14-9-11-16-25-15-10-8-12-19(2,3)17(21)22/h5-16H2,1-4H3,(H,21,22)(H,23,24). The van der Waals surface area contributed by atoms with Gasteiger partial charge in [0.15, 0.2) is 0 Å². The second-order valence-corrected chi connectivity index (χ2v) is 8.04. The number of carbonyl (C=O) groups is 2. The van der Waals surface area contributed by atoms with Crippen molar-refractivity contribution in [1.82, 2.24) is 0 Å². The zero-order chi connectivity index (χ0) is 19.3. The lowest BCUT2D eigenvalue weighted by atomic mass is 9.80. The normalized spacial score (nSPS) is 14.2. The van der Waals surface area contributed by atoms with E-state index >= 15 is 0 Å². The van der Waals surface area contributed by atoms with Crippen molar-refractivity contribution in [2.45, 2.75) is 91.9 Å². The van der Waals surface area contributed by atoms with E-state index in [9.17, 15) is 14.7 Å². The van der Waals surface area contributed by atoms with E-state index in [0.29, 0.717) is 26.1 Å². The first-order valence-electron chi connectivity index (χ1n) is 9.70. The van der Waals surface area contributed by atoms with Crippen LogP contribution >= 0.6 is 0 Å². The molecule has 0 fully saturated rings. The van der Waals surface area contributed by atoms with Crippen molar-refractivity contribution in [3.63, 3.8) is 0 Å². The van der Waals surface area contributed by atoms with Gasteiger partial charge in [-0.3, -0.25) is 9.59 Å². The Balaban J connectivity index is 3.76. The number of hydrogen-bond donors (Lipinski definition) is 2. The monoisotopic (exact) mass is 358 g/mol. The summed E-state index contributed by atoms with van der Waals surface area (Å²) in [5.74, 6) is -1.44. The zero-order valence-electron chi connectivity index (χ0n) is 16.6. The highest BCUT2D eigenvalue weighted by atomic mass is 16.5. The molecule has 0 radical (unpaired) electrons. The molecule has 0 aliphatic rings. The van der Waals surface area contributed by atoms with Crippen LogP contribution in [-0.4, -0.2) is 35.4 Å². The Morgan fingerprint density at radius 2 is 1.24 bits per heavy atom. The van der Waals surface area contributed by atoms with Gasteiger partial charge in [-0.1, -0.05) is 39.0 Å². The molecule has 0 spiro atoms. The second-order valence-electron chi connectivity index (χ2n) is 8.04. The first kappa shape index (κ1) is 23.9. The maximum absolute atomic E-state index is 11.5. The minimum atomic E-state index is -0.756. The summed E-state index contributed by atoms with van der Waals surface area (Å²) < 4.78 is 5.59. The molecule has 0 heterocycles. The van der Waals surface area contributed by atoms with E-state index in [4.69, 9.17) is 9.84 Å². The zero-order valence-corrected chi connectivity index (χ0v) is 16.6. The average Bonchev–Trinajstić information content (AvgIpc) is 2.53. The molecule has 2 N–H and O–H groups in total. The van der Waals surface area contributed by atoms with Crippen molar-refractivity contribution in [3.05, 3.63) is 0 Å². The molecular weight excluding hydrogens is 320 g/mol. The highest BCUT2D eigenvalue weighted by molar-refractivity contribution is 5.74. The van der Waals surface area contributed by atoms with Gasteiger partial charge in [-0.2, -0.15) is 0 Å². The molecule has 0 aromatic carbocycles. The molecule has 0 aliphatic carbocycles. The van der Waals surface area contributed by atoms with Crippen LogP contribution in [0.1, 0.15) is 91.9 Å². The van der Waals surface area contributed by atoms with Crippen molar-refractivity contribution in [3.8, 4) is 0 Å². The summed E-state index contributed by atoms with van der Waals surface area (Å²) in [5, 5.41) is 18.5. The lowest BCUT2D eigenvalue weighted by Crippen LogP contribution is -2.27. The lowest BCUT2D eigenvalue weighted by molar-refractivity contribution is -0.149. The van der Waals surface area contributed by atoms with Gasteiger partial charge in [0.05, 0.1) is 10.8 Å². The summed E-state index contributed by atoms with van der Waals surface area (Å²) >= 11 is 0. The molecule has 148 valence electrons. The summed E-state index contributed by atoms with van der Waals surface area (Å²) in [4.78, 5) is 22.5. The van der Waals surface area contributed by atoms with E-state index in [1.165, 1.54) is 0 Å². The van der Waals surface area contributed by atoms with E-state index in [0.717, 1.165) is 51.4 Å². The summed E-state index contributed by atoms with van der Waals surface area (Å²) in [6.45, 7) is 8.76. The fourth-order valence-corrected chi connectivity index (χ4v) is 2.80. The van der Waals surface area contributed by atoms with Crippen LogP contribution in [0.25, 0.3) is 0 Å². The summed E-state index contributed by atoms with van der Waals surface area (Å²) in [6.07, 6.45) is 8.70. The summed E-state index contributed by atoms with van der Waals surface area (Å²) in [5.41, 5.74) is -1.28. The van der Waals surface area contributed by atoms with Crippen LogP contribution in [0, 0.1) is 10.8 Å². The van der Waals surface area contributed by atoms with Gasteiger partial charge in [-0.05, 0) is 52.9 Å². The molecule has 5 nitrogen and oxygen atoms in total. The molecule has 0 saturated carbocycles. The van der Waals surface area contributed by atoms with Gasteiger partial charge in [-0.15, -0.1) is 0 Å². The third kappa shape index (κ3) is 10.5. The van der Waals surface area contributed by atoms with E-state index in [1.807, 2.05) is 6.92 Å². The first-order chi connectivity index (χ1) is 11.7. The van der Waals surface area contributed by atoms with Gasteiger partial charge in [0.25, 0.3) is 0 Å². The second kappa shape index (κ2) is 12.3. The van der Waals surface area contributed by atoms with Crippen molar-refractivity contribution in [2.24, 2.45) is 10.8 Å². The molecule has 0 aromatic heterocycles. The SMILES string of the molecule is CCCCCC(C)(CCCCOCCCCC(C)(C)C(=O)O)C(=O)O. The Hall–Kier alpha value is -1.10. The van der Waals surface area contributed by atoms with E-state index in [2.05, 4.69) is 6.92 Å². The van der Waals surface area contributed by atoms with E-state index in [1.54, 1.807) is 13.8 Å². The lowest BCUT2D eigenvalue weighted by Gasteiger charge is -2.24. The number of carboxylic acids is 2. The van der Waals surface area contributed by atoms with Gasteiger partial charge >= 0.3 is 11.9 Å². The molecule has 0 bridgehead atoms. The first-order valence-corrected chi connectivity index (χ1v) is 9.70. The summed E-state index contributed by atoms with van der Waals surface area (Å²) in [6, 6.07) is 0. The number of unbranched alkanes of at least 4 members (excludes halogenated alkanes) is 4. The van der Waals surface area contributed by atoms with Crippen molar-refractivity contribution in [2.75, 3.05) is 13.2 Å². The van der Waals surface area contributed by atoms with Crippen LogP contribution in [-0.2, 0) is 14.3 Å². The fourth-order valence-electron chi connectivity index (χ4n) is 2.80. The Kier molecular flexibility index (Phi) is 11.7. The highest BCUT2D eigenvalue weighted by Crippen LogP contribution is 2.31. The topological polar surface area (TPSA) is 83.8 Å². The number of ether oxygens (including phenoxy) is 1. The van der Waals surface area contributed by atoms with Gasteiger partial charge in [0, 0.05) is 13.2 Å². The summed E-state index contributed by atoms with van der Waals surface area (Å²) in [7, 11) is 0. The third-order valence-electron chi connectivity index (χ3n) is 5.04. The Morgan fingerprint density at radius 1 is 0.760 bits per heavy atom. The van der Waals surface area contributed by atoms with Crippen LogP contribution in [0.2, 0.25) is 0 Å². The highest BCUT2D eigenvalue weighted by Gasteiger charge is 2.31. The van der Waals surface area contributed by atoms with Gasteiger partial charge in [-0.25, -0.2) is 0 Å². The van der Waals surface area contributed by atoms with Gasteiger partial charge in [0.1, 0.15) is 0 Å². The minimum Gasteiger partial charge on any atom is -0.481 e. The van der Waals surface area contributed by atoms with Gasteiger partial charge in [0.2, 0.25) is 0 Å². The Bertz CT molecular complexity index is 392. The molecule has 0 aromatic rings. The average molecular weight is 359 g/mol. The smallest absolute Gasteiger partial charge is 0.309 e. The van der Waals surface area contributed by atoms with Crippen molar-refractivity contribution < 1.29 is 24.5 Å². The molecule has 1 atom stereocenters. The predicted octanol–water partition coefficient (Wildman–Crippen LogP) is 5.13. The number of carboxylic acid groups (broad SMARTS) is 2. The van der Waals surface area contributed by atoms with Crippen LogP contribution in [0.5, 0.6) is 0 Å². The third-order valence-corrected chi connectivity index (χ3v) is 5.04. The van der Waals surface area contributed by atoms with Crippen LogP contribution in [0.15, 0.2) is 0 Å². The van der Waals surface area contributed by atoms with E-state index in [-0.39, 0.29) is 0 Å². The molecule has 0 saturated heterocycles. The van der Waals surface area contributed by atoms with Crippen LogP contribution in [0.4, 0.5) is 0 Å². The molecule has 5 heteroatoms. The number of rotatable bonds is 16. The Labute approximate surface area is 153 Å². The largest absolute Gasteiger partial charge is 0.481 e. The fraction of sp³-hybridized carbons (Fsp3) is 0.900. The molecule has 0 amide bonds. The van der Waals surface area contributed by atoms with Crippen molar-refractivity contribution >= 4 is 11.9 Å². The predicted molar refractivity (Wildman–Crippen MR) is 99.8 cm³/mol. The Morgan fingerprint density at radius 3 is 1.68 bits per heavy atom. The van der Waals surface area contributed by atoms with Crippen molar-refractivity contribution in [1.29, 1.82) is 0 Å². The molecule has 1 unspecified atom stereocenters. The maximum Gasteiger partial charge on any atom is 0.309 e. The molecule has 25 heavy (non-hydrogen) atoms. The number of aliphatic carboxylic acids is 2.